The Morgan fingerprint density at radius 3 is 1.41 bits per heavy atom. The highest BCUT2D eigenvalue weighted by atomic mass is 14.7. The second kappa shape index (κ2) is 7.54. The van der Waals surface area contributed by atoms with Gasteiger partial charge in [0.25, 0.3) is 0 Å². The molecule has 0 radical (unpaired) electrons. The fourth-order valence-electron chi connectivity index (χ4n) is 5.40. The van der Waals surface area contributed by atoms with Gasteiger partial charge in [-0.2, -0.15) is 0 Å². The quantitative estimate of drug-likeness (QED) is 0.248. The number of rotatable bonds is 3. The molecule has 0 atom stereocenters. The molecule has 1 nitrogen and oxygen atoms in total. The molecule has 6 aromatic carbocycles. The minimum absolute atomic E-state index is 1.19. The standard InChI is InChI=1S/C33H21N/c1-2-10-22(11-3-1)32-28-12-4-6-14-30(28)33(31-15-7-5-13-29(31)32)27-19-9-17-25-24(23-20-34-21-23)16-8-18-26(25)27/h1-21H. The predicted octanol–water partition coefficient (Wildman–Crippen LogP) is 8.91. The summed E-state index contributed by atoms with van der Waals surface area (Å²) in [7, 11) is 0. The van der Waals surface area contributed by atoms with Crippen LogP contribution in [0, 0.1) is 0 Å². The van der Waals surface area contributed by atoms with Crippen LogP contribution in [0.4, 0.5) is 0 Å². The van der Waals surface area contributed by atoms with E-state index in [1.807, 2.05) is 12.4 Å². The number of benzene rings is 6. The van der Waals surface area contributed by atoms with Gasteiger partial charge in [-0.15, -0.1) is 0 Å². The largest absolute Gasteiger partial charge is 0.263 e. The Morgan fingerprint density at radius 1 is 0.382 bits per heavy atom. The molecule has 0 aliphatic carbocycles. The molecule has 1 aliphatic heterocycles. The van der Waals surface area contributed by atoms with E-state index in [1.54, 1.807) is 0 Å². The highest BCUT2D eigenvalue weighted by Crippen LogP contribution is 2.45. The van der Waals surface area contributed by atoms with Gasteiger partial charge in [-0.05, 0) is 60.1 Å². The Hall–Kier alpha value is -4.49. The summed E-state index contributed by atoms with van der Waals surface area (Å²) in [5, 5.41) is 7.65. The van der Waals surface area contributed by atoms with E-state index in [0.29, 0.717) is 0 Å². The van der Waals surface area contributed by atoms with Crippen molar-refractivity contribution in [2.24, 2.45) is 4.99 Å². The van der Waals surface area contributed by atoms with Crippen molar-refractivity contribution in [2.45, 2.75) is 0 Å². The minimum atomic E-state index is 1.19. The highest BCUT2D eigenvalue weighted by molar-refractivity contribution is 6.25. The number of hydrogen-bond donors (Lipinski definition) is 0. The van der Waals surface area contributed by atoms with Crippen LogP contribution in [0.3, 0.4) is 0 Å². The van der Waals surface area contributed by atoms with Crippen LogP contribution in [-0.2, 0) is 0 Å². The Morgan fingerprint density at radius 2 is 0.853 bits per heavy atom. The lowest BCUT2D eigenvalue weighted by Gasteiger charge is -2.19. The molecule has 0 bridgehead atoms. The monoisotopic (exact) mass is 431 g/mol. The maximum Gasteiger partial charge on any atom is 0.0362 e. The number of nitrogens with zero attached hydrogens (tertiary/aromatic N) is 1. The summed E-state index contributed by atoms with van der Waals surface area (Å²) < 4.78 is 0. The van der Waals surface area contributed by atoms with Gasteiger partial charge in [0.05, 0.1) is 0 Å². The molecule has 0 aromatic heterocycles. The van der Waals surface area contributed by atoms with Crippen molar-refractivity contribution in [3.63, 3.8) is 0 Å². The zero-order chi connectivity index (χ0) is 22.5. The molecule has 0 N–H and O–H groups in total. The zero-order valence-electron chi connectivity index (χ0n) is 18.6. The highest BCUT2D eigenvalue weighted by Gasteiger charge is 2.18. The molecule has 0 spiro atoms. The van der Waals surface area contributed by atoms with Crippen molar-refractivity contribution in [1.82, 2.24) is 0 Å². The third-order valence-corrected chi connectivity index (χ3v) is 6.92. The van der Waals surface area contributed by atoms with Gasteiger partial charge in [0.2, 0.25) is 0 Å². The van der Waals surface area contributed by atoms with Crippen LogP contribution in [0.15, 0.2) is 126 Å². The molecule has 0 saturated heterocycles. The van der Waals surface area contributed by atoms with E-state index in [4.69, 9.17) is 0 Å². The number of allylic oxidation sites excluding steroid dienone is 1. The topological polar surface area (TPSA) is 12.4 Å². The summed E-state index contributed by atoms with van der Waals surface area (Å²) >= 11 is 0. The molecule has 1 heterocycles. The summed E-state index contributed by atoms with van der Waals surface area (Å²) in [5.41, 5.74) is 7.54. The van der Waals surface area contributed by atoms with E-state index < -0.39 is 0 Å². The summed E-state index contributed by atoms with van der Waals surface area (Å²) in [4.78, 5) is 4.20. The normalized spacial score (nSPS) is 12.8. The van der Waals surface area contributed by atoms with Gasteiger partial charge in [0.15, 0.2) is 0 Å². The first kappa shape index (κ1) is 19.0. The Balaban J connectivity index is 1.64. The maximum atomic E-state index is 4.20. The first-order valence-corrected chi connectivity index (χ1v) is 11.6. The SMILES string of the molecule is C1=NC=C1c1cccc2c(-c3c4ccccc4c(-c4ccccc4)c4ccccc34)cccc12. The lowest BCUT2D eigenvalue weighted by atomic mass is 9.84. The molecule has 0 amide bonds. The van der Waals surface area contributed by atoms with E-state index in [1.165, 1.54) is 65.7 Å². The van der Waals surface area contributed by atoms with E-state index in [2.05, 4.69) is 120 Å². The summed E-state index contributed by atoms with van der Waals surface area (Å²) in [6, 6.07) is 41.7. The first-order valence-electron chi connectivity index (χ1n) is 11.6. The van der Waals surface area contributed by atoms with E-state index in [0.717, 1.165) is 0 Å². The predicted molar refractivity (Wildman–Crippen MR) is 146 cm³/mol. The summed E-state index contributed by atoms with van der Waals surface area (Å²) in [6.45, 7) is 0. The third-order valence-electron chi connectivity index (χ3n) is 6.92. The van der Waals surface area contributed by atoms with Crippen LogP contribution in [-0.4, -0.2) is 6.21 Å². The van der Waals surface area contributed by atoms with Crippen molar-refractivity contribution in [2.75, 3.05) is 0 Å². The minimum Gasteiger partial charge on any atom is -0.263 e. The van der Waals surface area contributed by atoms with Crippen molar-refractivity contribution in [3.8, 4) is 22.3 Å². The molecule has 0 fully saturated rings. The third kappa shape index (κ3) is 2.77. The fourth-order valence-corrected chi connectivity index (χ4v) is 5.40. The van der Waals surface area contributed by atoms with Crippen LogP contribution in [0.25, 0.3) is 60.1 Å². The van der Waals surface area contributed by atoms with Gasteiger partial charge in [-0.1, -0.05) is 115 Å². The van der Waals surface area contributed by atoms with Crippen molar-refractivity contribution >= 4 is 44.1 Å². The molecule has 6 aromatic rings. The number of fused-ring (bicyclic) bond motifs is 3. The Bertz CT molecular complexity index is 1730. The molecule has 158 valence electrons. The van der Waals surface area contributed by atoms with E-state index >= 15 is 0 Å². The lowest BCUT2D eigenvalue weighted by Crippen LogP contribution is -1.95. The smallest absolute Gasteiger partial charge is 0.0362 e. The van der Waals surface area contributed by atoms with Crippen molar-refractivity contribution in [3.05, 3.63) is 127 Å². The van der Waals surface area contributed by atoms with Gasteiger partial charge < -0.3 is 0 Å². The maximum absolute atomic E-state index is 4.20. The molecule has 0 unspecified atom stereocenters. The summed E-state index contributed by atoms with van der Waals surface area (Å²) in [6.07, 6.45) is 3.89. The Kier molecular flexibility index (Phi) is 4.22. The van der Waals surface area contributed by atoms with E-state index in [9.17, 15) is 0 Å². The Labute approximate surface area is 198 Å². The van der Waals surface area contributed by atoms with Crippen LogP contribution in [0.2, 0.25) is 0 Å². The van der Waals surface area contributed by atoms with Gasteiger partial charge in [0, 0.05) is 18.0 Å². The van der Waals surface area contributed by atoms with Crippen molar-refractivity contribution in [1.29, 1.82) is 0 Å². The van der Waals surface area contributed by atoms with Gasteiger partial charge in [-0.3, -0.25) is 4.99 Å². The molecular formula is C33H21N. The average Bonchev–Trinajstić information content (AvgIpc) is 2.87. The van der Waals surface area contributed by atoms with Gasteiger partial charge in [-0.25, -0.2) is 0 Å². The molecule has 34 heavy (non-hydrogen) atoms. The molecule has 0 saturated carbocycles. The zero-order valence-corrected chi connectivity index (χ0v) is 18.6. The van der Waals surface area contributed by atoms with E-state index in [-0.39, 0.29) is 0 Å². The van der Waals surface area contributed by atoms with Gasteiger partial charge in [0.1, 0.15) is 0 Å². The first-order chi connectivity index (χ1) is 16.9. The van der Waals surface area contributed by atoms with Gasteiger partial charge >= 0.3 is 0 Å². The second-order valence-corrected chi connectivity index (χ2v) is 8.78. The molecule has 7 rings (SSSR count). The summed E-state index contributed by atoms with van der Waals surface area (Å²) in [5.74, 6) is 0. The lowest BCUT2D eigenvalue weighted by molar-refractivity contribution is 1.53. The second-order valence-electron chi connectivity index (χ2n) is 8.78. The molecule has 1 heteroatoms. The molecular weight excluding hydrogens is 410 g/mol. The van der Waals surface area contributed by atoms with Crippen molar-refractivity contribution < 1.29 is 0 Å². The fraction of sp³-hybridized carbons (Fsp3) is 0. The van der Waals surface area contributed by atoms with Crippen LogP contribution in [0.5, 0.6) is 0 Å². The van der Waals surface area contributed by atoms with Crippen LogP contribution < -0.4 is 0 Å². The number of aliphatic imine (C=N–C) groups is 1. The van der Waals surface area contributed by atoms with Crippen LogP contribution >= 0.6 is 0 Å². The average molecular weight is 432 g/mol. The molecule has 1 aliphatic rings. The number of hydrogen-bond acceptors (Lipinski definition) is 1. The van der Waals surface area contributed by atoms with Crippen LogP contribution in [0.1, 0.15) is 5.56 Å².